The molecule has 0 atom stereocenters. The number of rotatable bonds is 9. The lowest BCUT2D eigenvalue weighted by Gasteiger charge is -2.07. The topological polar surface area (TPSA) is 87.7 Å². The summed E-state index contributed by atoms with van der Waals surface area (Å²) in [5.41, 5.74) is 4.96. The third kappa shape index (κ3) is 5.98. The van der Waals surface area contributed by atoms with Gasteiger partial charge in [-0.05, 0) is 29.2 Å². The zero-order valence-electron chi connectivity index (χ0n) is 13.5. The molecule has 0 heterocycles. The third-order valence-electron chi connectivity index (χ3n) is 3.64. The minimum absolute atomic E-state index is 0.190. The maximum Gasteiger partial charge on any atom is 0.247 e. The van der Waals surface area contributed by atoms with Gasteiger partial charge in [0.15, 0.2) is 0 Å². The highest BCUT2D eigenvalue weighted by Crippen LogP contribution is 2.15. The number of benzene rings is 2. The van der Waals surface area contributed by atoms with E-state index in [0.717, 1.165) is 29.2 Å². The number of amides is 2. The lowest BCUT2D eigenvalue weighted by Crippen LogP contribution is -2.25. The first kappa shape index (κ1) is 17.9. The van der Waals surface area contributed by atoms with Gasteiger partial charge in [-0.1, -0.05) is 48.9 Å². The molecule has 2 aromatic carbocycles. The number of nitrogens with one attached hydrogen (secondary N) is 2. The summed E-state index contributed by atoms with van der Waals surface area (Å²) in [5.74, 6) is -0.579. The molecular formula is C18H22N2O4. The number of hydroxylamine groups is 2. The second kappa shape index (κ2) is 9.64. The highest BCUT2D eigenvalue weighted by Gasteiger charge is 2.04. The van der Waals surface area contributed by atoms with Crippen molar-refractivity contribution in [3.63, 3.8) is 0 Å². The summed E-state index contributed by atoms with van der Waals surface area (Å²) in [7, 11) is 0. The van der Waals surface area contributed by atoms with E-state index in [9.17, 15) is 9.59 Å². The summed E-state index contributed by atoms with van der Waals surface area (Å²) in [6, 6.07) is 14.0. The number of hydrogen-bond acceptors (Lipinski definition) is 4. The van der Waals surface area contributed by atoms with E-state index in [-0.39, 0.29) is 24.7 Å². The van der Waals surface area contributed by atoms with Crippen molar-refractivity contribution in [2.24, 2.45) is 0 Å². The fourth-order valence-corrected chi connectivity index (χ4v) is 2.39. The van der Waals surface area contributed by atoms with Crippen molar-refractivity contribution in [1.29, 1.82) is 0 Å². The van der Waals surface area contributed by atoms with Crippen molar-refractivity contribution < 1.29 is 19.6 Å². The van der Waals surface area contributed by atoms with Crippen molar-refractivity contribution in [1.82, 2.24) is 11.0 Å². The molecule has 0 aliphatic carbocycles. The summed E-state index contributed by atoms with van der Waals surface area (Å²) in [4.78, 5) is 27.8. The van der Waals surface area contributed by atoms with Gasteiger partial charge in [-0.3, -0.25) is 19.6 Å². The molecule has 0 aliphatic heterocycles. The van der Waals surface area contributed by atoms with Crippen molar-refractivity contribution in [2.45, 2.75) is 32.1 Å². The molecule has 128 valence electrons. The maximum atomic E-state index is 11.8. The van der Waals surface area contributed by atoms with E-state index in [0.29, 0.717) is 13.0 Å². The molecule has 0 fully saturated rings. The van der Waals surface area contributed by atoms with Crippen LogP contribution >= 0.6 is 0 Å². The number of unbranched alkanes of at least 4 members (excludes halogenated alkanes) is 2. The monoisotopic (exact) mass is 330 g/mol. The average molecular weight is 330 g/mol. The molecule has 0 aromatic heterocycles. The van der Waals surface area contributed by atoms with Gasteiger partial charge in [-0.2, -0.15) is 0 Å². The molecule has 2 aromatic rings. The molecule has 0 bridgehead atoms. The van der Waals surface area contributed by atoms with Crippen molar-refractivity contribution in [2.75, 3.05) is 6.61 Å². The molecule has 2 amide bonds. The molecule has 0 spiro atoms. The minimum Gasteiger partial charge on any atom is -0.289 e. The standard InChI is InChI=1S/C18H22N2O4/c21-17(19-23)8-2-1-5-11-24-20-18(22)13-14-9-10-15-6-3-4-7-16(15)12-14/h3-4,6-7,9-10,12,23H,1-2,5,8,11,13H2,(H,19,21)(H,20,22). The highest BCUT2D eigenvalue weighted by molar-refractivity contribution is 5.85. The minimum atomic E-state index is -0.389. The van der Waals surface area contributed by atoms with Gasteiger partial charge in [0.05, 0.1) is 13.0 Å². The fourth-order valence-electron chi connectivity index (χ4n) is 2.39. The van der Waals surface area contributed by atoms with E-state index >= 15 is 0 Å². The van der Waals surface area contributed by atoms with E-state index in [4.69, 9.17) is 10.0 Å². The Balaban J connectivity index is 1.63. The van der Waals surface area contributed by atoms with Crippen LogP contribution in [0.25, 0.3) is 10.8 Å². The van der Waals surface area contributed by atoms with Gasteiger partial charge < -0.3 is 0 Å². The van der Waals surface area contributed by atoms with E-state index in [1.54, 1.807) is 5.48 Å². The van der Waals surface area contributed by atoms with Crippen LogP contribution in [0.2, 0.25) is 0 Å². The number of carbonyl (C=O) groups excluding carboxylic acids is 2. The molecule has 3 N–H and O–H groups in total. The molecule has 6 nitrogen and oxygen atoms in total. The van der Waals surface area contributed by atoms with Crippen LogP contribution in [0.1, 0.15) is 31.2 Å². The maximum absolute atomic E-state index is 11.8. The quantitative estimate of drug-likeness (QED) is 0.374. The molecule has 0 saturated heterocycles. The normalized spacial score (nSPS) is 10.5. The number of fused-ring (bicyclic) bond motifs is 1. The molecule has 0 saturated carbocycles. The first-order valence-electron chi connectivity index (χ1n) is 8.00. The molecule has 2 rings (SSSR count). The van der Waals surface area contributed by atoms with E-state index < -0.39 is 0 Å². The predicted molar refractivity (Wildman–Crippen MR) is 90.1 cm³/mol. The number of carbonyl (C=O) groups is 2. The van der Waals surface area contributed by atoms with Crippen LogP contribution < -0.4 is 11.0 Å². The average Bonchev–Trinajstić information content (AvgIpc) is 2.60. The molecule has 0 radical (unpaired) electrons. The Bertz CT molecular complexity index is 688. The van der Waals surface area contributed by atoms with Crippen molar-refractivity contribution >= 4 is 22.6 Å². The third-order valence-corrected chi connectivity index (χ3v) is 3.64. The van der Waals surface area contributed by atoms with Gasteiger partial charge in [-0.25, -0.2) is 11.0 Å². The Kier molecular flexibility index (Phi) is 7.20. The van der Waals surface area contributed by atoms with Gasteiger partial charge in [0, 0.05) is 6.42 Å². The van der Waals surface area contributed by atoms with Gasteiger partial charge in [-0.15, -0.1) is 0 Å². The second-order valence-electron chi connectivity index (χ2n) is 5.58. The first-order valence-corrected chi connectivity index (χ1v) is 8.00. The first-order chi connectivity index (χ1) is 11.7. The van der Waals surface area contributed by atoms with Gasteiger partial charge in [0.25, 0.3) is 0 Å². The molecule has 6 heteroatoms. The Morgan fingerprint density at radius 3 is 2.54 bits per heavy atom. The summed E-state index contributed by atoms with van der Waals surface area (Å²) in [5, 5.41) is 10.6. The fraction of sp³-hybridized carbons (Fsp3) is 0.333. The molecular weight excluding hydrogens is 308 g/mol. The van der Waals surface area contributed by atoms with Crippen LogP contribution in [0, 0.1) is 0 Å². The smallest absolute Gasteiger partial charge is 0.247 e. The van der Waals surface area contributed by atoms with Gasteiger partial charge in [0.1, 0.15) is 0 Å². The summed E-state index contributed by atoms with van der Waals surface area (Å²) >= 11 is 0. The second-order valence-corrected chi connectivity index (χ2v) is 5.58. The summed E-state index contributed by atoms with van der Waals surface area (Å²) in [6.45, 7) is 0.393. The largest absolute Gasteiger partial charge is 0.289 e. The van der Waals surface area contributed by atoms with E-state index in [2.05, 4.69) is 5.48 Å². The van der Waals surface area contributed by atoms with Crippen LogP contribution in [0.3, 0.4) is 0 Å². The molecule has 0 aliphatic rings. The Morgan fingerprint density at radius 1 is 0.958 bits per heavy atom. The highest BCUT2D eigenvalue weighted by atomic mass is 16.6. The van der Waals surface area contributed by atoms with Crippen LogP contribution in [-0.2, 0) is 20.8 Å². The zero-order chi connectivity index (χ0) is 17.2. The van der Waals surface area contributed by atoms with Crippen molar-refractivity contribution in [3.8, 4) is 0 Å². The van der Waals surface area contributed by atoms with Crippen LogP contribution in [0.15, 0.2) is 42.5 Å². The lowest BCUT2D eigenvalue weighted by molar-refractivity contribution is -0.132. The van der Waals surface area contributed by atoms with Crippen LogP contribution in [0.5, 0.6) is 0 Å². The summed E-state index contributed by atoms with van der Waals surface area (Å²) < 4.78 is 0. The van der Waals surface area contributed by atoms with Crippen LogP contribution in [0.4, 0.5) is 0 Å². The zero-order valence-corrected chi connectivity index (χ0v) is 13.5. The Labute approximate surface area is 140 Å². The molecule has 24 heavy (non-hydrogen) atoms. The number of hydrogen-bond donors (Lipinski definition) is 3. The molecule has 0 unspecified atom stereocenters. The summed E-state index contributed by atoms with van der Waals surface area (Å²) in [6.07, 6.45) is 2.73. The Hall–Kier alpha value is -2.44. The van der Waals surface area contributed by atoms with E-state index in [1.165, 1.54) is 0 Å². The van der Waals surface area contributed by atoms with Gasteiger partial charge >= 0.3 is 0 Å². The predicted octanol–water partition coefficient (Wildman–Crippen LogP) is 2.50. The van der Waals surface area contributed by atoms with Gasteiger partial charge in [0.2, 0.25) is 11.8 Å². The van der Waals surface area contributed by atoms with Crippen molar-refractivity contribution in [3.05, 3.63) is 48.0 Å². The Morgan fingerprint density at radius 2 is 1.75 bits per heavy atom. The van der Waals surface area contributed by atoms with Crippen LogP contribution in [-0.4, -0.2) is 23.6 Å². The van der Waals surface area contributed by atoms with E-state index in [1.807, 2.05) is 42.5 Å². The SMILES string of the molecule is O=C(CCCCCONC(=O)Cc1ccc2ccccc2c1)NO. The lowest BCUT2D eigenvalue weighted by atomic mass is 10.1.